The Bertz CT molecular complexity index is 740. The first-order chi connectivity index (χ1) is 13.0. The molecule has 0 spiro atoms. The highest BCUT2D eigenvalue weighted by molar-refractivity contribution is 7.87. The maximum Gasteiger partial charge on any atom is 0.639 e. The molecule has 3 fully saturated rings. The lowest BCUT2D eigenvalue weighted by Crippen LogP contribution is -2.35. The van der Waals surface area contributed by atoms with Crippen LogP contribution < -0.4 is 0 Å². The molecule has 0 aliphatic carbocycles. The van der Waals surface area contributed by atoms with Gasteiger partial charge in [-0.2, -0.15) is 25.3 Å². The van der Waals surface area contributed by atoms with Crippen molar-refractivity contribution in [3.05, 3.63) is 0 Å². The monoisotopic (exact) mass is 466 g/mol. The Balaban J connectivity index is 1.49. The van der Waals surface area contributed by atoms with Gasteiger partial charge in [-0.05, 0) is 0 Å². The molecule has 3 aliphatic heterocycles. The van der Waals surface area contributed by atoms with E-state index < -0.39 is 55.9 Å². The van der Waals surface area contributed by atoms with Gasteiger partial charge in [0.05, 0.1) is 37.9 Å². The summed E-state index contributed by atoms with van der Waals surface area (Å²) in [5.74, 6) is -1.29. The second-order valence-electron chi connectivity index (χ2n) is 6.45. The molecule has 162 valence electrons. The third-order valence-corrected chi connectivity index (χ3v) is 7.54. The fraction of sp³-hybridized carbons (Fsp3) is 1.00. The first kappa shape index (κ1) is 22.3. The Morgan fingerprint density at radius 1 is 0.714 bits per heavy atom. The molecule has 3 aliphatic rings. The molecule has 17 heteroatoms. The van der Waals surface area contributed by atoms with E-state index in [0.29, 0.717) is 0 Å². The summed E-state index contributed by atoms with van der Waals surface area (Å²) in [6, 6.07) is 0. The molecule has 0 amide bonds. The van der Waals surface area contributed by atoms with Crippen LogP contribution in [0.15, 0.2) is 0 Å². The third-order valence-electron chi connectivity index (χ3n) is 3.85. The van der Waals surface area contributed by atoms with Gasteiger partial charge in [-0.25, -0.2) is 8.37 Å². The first-order valence-electron chi connectivity index (χ1n) is 8.18. The molecule has 0 bridgehead atoms. The van der Waals surface area contributed by atoms with E-state index >= 15 is 0 Å². The second-order valence-corrected chi connectivity index (χ2v) is 11.1. The molecule has 0 saturated carbocycles. The number of hydrogen-bond donors (Lipinski definition) is 0. The molecular formula is C11H19BO13S3. The van der Waals surface area contributed by atoms with Gasteiger partial charge in [0.15, 0.2) is 0 Å². The maximum absolute atomic E-state index is 11.3. The molecule has 3 rings (SSSR count). The lowest BCUT2D eigenvalue weighted by Gasteiger charge is -2.18. The van der Waals surface area contributed by atoms with Gasteiger partial charge in [-0.3, -0.25) is 8.37 Å². The van der Waals surface area contributed by atoms with Crippen LogP contribution in [0.25, 0.3) is 0 Å². The van der Waals surface area contributed by atoms with Crippen molar-refractivity contribution in [2.75, 3.05) is 51.1 Å². The summed E-state index contributed by atoms with van der Waals surface area (Å²) < 4.78 is 102. The molecule has 0 aromatic rings. The van der Waals surface area contributed by atoms with Gasteiger partial charge in [0.2, 0.25) is 0 Å². The highest BCUT2D eigenvalue weighted by atomic mass is 32.3. The quantitative estimate of drug-likeness (QED) is 0.262. The highest BCUT2D eigenvalue weighted by Crippen LogP contribution is 2.19. The van der Waals surface area contributed by atoms with E-state index in [1.165, 1.54) is 0 Å². The SMILES string of the molecule is O=S1(=O)CC(COB(OCC2COS(=O)(=O)C2)OCC2COS(=O)(=O)O2)CO1. The third kappa shape index (κ3) is 6.86. The minimum atomic E-state index is -4.05. The summed E-state index contributed by atoms with van der Waals surface area (Å²) in [7, 11) is -12.5. The first-order valence-corrected chi connectivity index (χ1v) is 12.7. The Morgan fingerprint density at radius 3 is 1.61 bits per heavy atom. The van der Waals surface area contributed by atoms with Crippen molar-refractivity contribution in [1.82, 2.24) is 0 Å². The summed E-state index contributed by atoms with van der Waals surface area (Å²) in [5, 5.41) is 0. The van der Waals surface area contributed by atoms with Crippen LogP contribution in [0.4, 0.5) is 0 Å². The van der Waals surface area contributed by atoms with Gasteiger partial charge in [0.1, 0.15) is 6.10 Å². The molecule has 3 atom stereocenters. The van der Waals surface area contributed by atoms with Crippen molar-refractivity contribution in [3.63, 3.8) is 0 Å². The van der Waals surface area contributed by atoms with E-state index in [-0.39, 0.29) is 51.1 Å². The zero-order valence-electron chi connectivity index (χ0n) is 14.5. The molecule has 3 unspecified atom stereocenters. The van der Waals surface area contributed by atoms with Crippen molar-refractivity contribution in [1.29, 1.82) is 0 Å². The lowest BCUT2D eigenvalue weighted by atomic mass is 10.1. The standard InChI is InChI=1S/C11H19BO13S3/c13-26(14)7-9(3-22-26)1-19-12(20-2-10-4-23-27(15,16)8-10)21-5-11-6-24-28(17,18)25-11/h9-11H,1-8H2. The van der Waals surface area contributed by atoms with Gasteiger partial charge >= 0.3 is 17.7 Å². The second kappa shape index (κ2) is 8.79. The van der Waals surface area contributed by atoms with E-state index in [1.54, 1.807) is 0 Å². The van der Waals surface area contributed by atoms with Crippen LogP contribution in [0, 0.1) is 11.8 Å². The average molecular weight is 466 g/mol. The minimum absolute atomic E-state index is 0.0401. The molecule has 0 radical (unpaired) electrons. The Kier molecular flexibility index (Phi) is 7.00. The number of hydrogen-bond acceptors (Lipinski definition) is 13. The summed E-state index contributed by atoms with van der Waals surface area (Å²) >= 11 is 0. The summed E-state index contributed by atoms with van der Waals surface area (Å²) in [6.07, 6.45) is -0.898. The number of rotatable bonds is 9. The fourth-order valence-corrected chi connectivity index (χ4v) is 5.93. The molecule has 0 N–H and O–H groups in total. The van der Waals surface area contributed by atoms with Crippen molar-refractivity contribution in [2.45, 2.75) is 6.10 Å². The molecule has 3 saturated heterocycles. The minimum Gasteiger partial charge on any atom is -0.385 e. The summed E-state index contributed by atoms with van der Waals surface area (Å²) in [4.78, 5) is 0. The Morgan fingerprint density at radius 2 is 1.21 bits per heavy atom. The molecule has 28 heavy (non-hydrogen) atoms. The van der Waals surface area contributed by atoms with Gasteiger partial charge < -0.3 is 14.0 Å². The van der Waals surface area contributed by atoms with Gasteiger partial charge in [0.25, 0.3) is 20.2 Å². The molecule has 0 aromatic carbocycles. The molecule has 0 aromatic heterocycles. The van der Waals surface area contributed by atoms with E-state index in [0.717, 1.165) is 0 Å². The Hall–Kier alpha value is -0.365. The van der Waals surface area contributed by atoms with Gasteiger partial charge in [-0.15, -0.1) is 0 Å². The van der Waals surface area contributed by atoms with Crippen molar-refractivity contribution < 1.29 is 55.9 Å². The van der Waals surface area contributed by atoms with Crippen LogP contribution in [0.1, 0.15) is 0 Å². The molecular weight excluding hydrogens is 447 g/mol. The largest absolute Gasteiger partial charge is 0.639 e. The zero-order chi connectivity index (χ0) is 20.4. The van der Waals surface area contributed by atoms with Crippen LogP contribution in [0.3, 0.4) is 0 Å². The molecule has 3 heterocycles. The van der Waals surface area contributed by atoms with Crippen LogP contribution in [0.2, 0.25) is 0 Å². The topological polar surface area (TPSA) is 167 Å². The van der Waals surface area contributed by atoms with Crippen LogP contribution in [-0.4, -0.2) is 89.8 Å². The van der Waals surface area contributed by atoms with Crippen LogP contribution in [-0.2, 0) is 61.3 Å². The van der Waals surface area contributed by atoms with E-state index in [9.17, 15) is 25.3 Å². The maximum atomic E-state index is 11.3. The van der Waals surface area contributed by atoms with Crippen LogP contribution in [0.5, 0.6) is 0 Å². The lowest BCUT2D eigenvalue weighted by molar-refractivity contribution is 0.0442. The van der Waals surface area contributed by atoms with E-state index in [1.807, 2.05) is 0 Å². The normalized spacial score (nSPS) is 33.2. The van der Waals surface area contributed by atoms with E-state index in [2.05, 4.69) is 16.7 Å². The average Bonchev–Trinajstić information content (AvgIpc) is 3.23. The molecule has 13 nitrogen and oxygen atoms in total. The summed E-state index contributed by atoms with van der Waals surface area (Å²) in [6.45, 7) is -0.697. The van der Waals surface area contributed by atoms with Gasteiger partial charge in [-0.1, -0.05) is 0 Å². The van der Waals surface area contributed by atoms with Crippen molar-refractivity contribution >= 4 is 38.0 Å². The predicted octanol–water partition coefficient (Wildman–Crippen LogP) is -2.37. The highest BCUT2D eigenvalue weighted by Gasteiger charge is 2.36. The van der Waals surface area contributed by atoms with Gasteiger partial charge in [0, 0.05) is 25.0 Å². The zero-order valence-corrected chi connectivity index (χ0v) is 16.9. The Labute approximate surface area is 163 Å². The smallest absolute Gasteiger partial charge is 0.385 e. The van der Waals surface area contributed by atoms with Crippen molar-refractivity contribution in [3.8, 4) is 0 Å². The van der Waals surface area contributed by atoms with Crippen LogP contribution >= 0.6 is 0 Å². The fourth-order valence-electron chi connectivity index (χ4n) is 2.58. The van der Waals surface area contributed by atoms with Crippen molar-refractivity contribution in [2.24, 2.45) is 11.8 Å². The van der Waals surface area contributed by atoms with E-state index in [4.69, 9.17) is 14.0 Å². The predicted molar refractivity (Wildman–Crippen MR) is 89.8 cm³/mol. The summed E-state index contributed by atoms with van der Waals surface area (Å²) in [5.41, 5.74) is 0.